The first kappa shape index (κ1) is 21.7. The molecule has 0 saturated carbocycles. The van der Waals surface area contributed by atoms with Gasteiger partial charge in [-0.25, -0.2) is 4.79 Å². The number of amides is 1. The topological polar surface area (TPSA) is 108 Å². The van der Waals surface area contributed by atoms with Crippen LogP contribution >= 0.6 is 0 Å². The van der Waals surface area contributed by atoms with Crippen LogP contribution in [-0.2, 0) is 16.1 Å². The molecule has 0 unspecified atom stereocenters. The number of carbonyl (C=O) groups excluding carboxylic acids is 2. The van der Waals surface area contributed by atoms with Gasteiger partial charge in [0.15, 0.2) is 18.1 Å². The largest absolute Gasteiger partial charge is 0.493 e. The minimum absolute atomic E-state index is 0.102. The SMILES string of the molecule is COc1cc(C(=O)OCC(=O)N(C)Cc2ccccc2C)c([N+](=O)[O-])cc1OC. The third-order valence-electron chi connectivity index (χ3n) is 4.34. The maximum absolute atomic E-state index is 12.4. The van der Waals surface area contributed by atoms with Crippen LogP contribution in [0.5, 0.6) is 11.5 Å². The van der Waals surface area contributed by atoms with Crippen LogP contribution in [0.25, 0.3) is 0 Å². The Labute approximate surface area is 167 Å². The fourth-order valence-electron chi connectivity index (χ4n) is 2.63. The van der Waals surface area contributed by atoms with Crippen molar-refractivity contribution in [2.45, 2.75) is 13.5 Å². The van der Waals surface area contributed by atoms with Gasteiger partial charge in [-0.3, -0.25) is 14.9 Å². The van der Waals surface area contributed by atoms with E-state index >= 15 is 0 Å². The van der Waals surface area contributed by atoms with Crippen LogP contribution in [0.3, 0.4) is 0 Å². The third kappa shape index (κ3) is 5.22. The van der Waals surface area contributed by atoms with Crippen molar-refractivity contribution in [3.8, 4) is 11.5 Å². The summed E-state index contributed by atoms with van der Waals surface area (Å²) in [5.41, 5.74) is 1.16. The van der Waals surface area contributed by atoms with Gasteiger partial charge in [0, 0.05) is 19.7 Å². The first-order chi connectivity index (χ1) is 13.8. The quantitative estimate of drug-likeness (QED) is 0.379. The lowest BCUT2D eigenvalue weighted by atomic mass is 10.1. The molecule has 2 aromatic rings. The number of methoxy groups -OCH3 is 2. The molecule has 0 spiro atoms. The van der Waals surface area contributed by atoms with E-state index in [-0.39, 0.29) is 17.1 Å². The molecule has 0 radical (unpaired) electrons. The molecule has 9 nitrogen and oxygen atoms in total. The number of nitro benzene ring substituents is 1. The third-order valence-corrected chi connectivity index (χ3v) is 4.34. The molecule has 29 heavy (non-hydrogen) atoms. The summed E-state index contributed by atoms with van der Waals surface area (Å²) in [5, 5.41) is 11.3. The molecule has 154 valence electrons. The van der Waals surface area contributed by atoms with E-state index in [2.05, 4.69) is 0 Å². The molecule has 1 amide bonds. The van der Waals surface area contributed by atoms with Gasteiger partial charge in [-0.05, 0) is 18.1 Å². The second-order valence-corrected chi connectivity index (χ2v) is 6.23. The van der Waals surface area contributed by atoms with E-state index in [0.29, 0.717) is 6.54 Å². The molecule has 0 N–H and O–H groups in total. The molecule has 0 saturated heterocycles. The zero-order valence-corrected chi connectivity index (χ0v) is 16.6. The highest BCUT2D eigenvalue weighted by atomic mass is 16.6. The molecule has 0 aliphatic rings. The molecule has 9 heteroatoms. The second-order valence-electron chi connectivity index (χ2n) is 6.23. The standard InChI is InChI=1S/C20H22N2O7/c1-13-7-5-6-8-14(13)11-21(2)19(23)12-29-20(24)15-9-17(27-3)18(28-4)10-16(15)22(25)26/h5-10H,11-12H2,1-4H3. The number of nitro groups is 1. The number of nitrogens with zero attached hydrogens (tertiary/aromatic N) is 2. The van der Waals surface area contributed by atoms with Crippen molar-refractivity contribution in [2.24, 2.45) is 0 Å². The molecule has 0 aliphatic carbocycles. The summed E-state index contributed by atoms with van der Waals surface area (Å²) >= 11 is 0. The maximum atomic E-state index is 12.4. The fraction of sp³-hybridized carbons (Fsp3) is 0.300. The number of ether oxygens (including phenoxy) is 3. The van der Waals surface area contributed by atoms with E-state index in [1.54, 1.807) is 7.05 Å². The van der Waals surface area contributed by atoms with Crippen molar-refractivity contribution in [2.75, 3.05) is 27.9 Å². The lowest BCUT2D eigenvalue weighted by molar-refractivity contribution is -0.385. The van der Waals surface area contributed by atoms with E-state index in [1.165, 1.54) is 19.1 Å². The van der Waals surface area contributed by atoms with Crippen molar-refractivity contribution in [1.29, 1.82) is 0 Å². The zero-order chi connectivity index (χ0) is 21.6. The minimum Gasteiger partial charge on any atom is -0.493 e. The van der Waals surface area contributed by atoms with Crippen molar-refractivity contribution >= 4 is 17.6 Å². The van der Waals surface area contributed by atoms with Crippen molar-refractivity contribution in [3.05, 3.63) is 63.2 Å². The Morgan fingerprint density at radius 3 is 2.31 bits per heavy atom. The van der Waals surface area contributed by atoms with E-state index in [4.69, 9.17) is 14.2 Å². The summed E-state index contributed by atoms with van der Waals surface area (Å²) in [5.74, 6) is -1.21. The average molecular weight is 402 g/mol. The highest BCUT2D eigenvalue weighted by Crippen LogP contribution is 2.34. The van der Waals surface area contributed by atoms with Gasteiger partial charge in [-0.15, -0.1) is 0 Å². The van der Waals surface area contributed by atoms with Crippen LogP contribution in [0.15, 0.2) is 36.4 Å². The van der Waals surface area contributed by atoms with Gasteiger partial charge in [0.1, 0.15) is 5.56 Å². The number of aryl methyl sites for hydroxylation is 1. The van der Waals surface area contributed by atoms with Crippen molar-refractivity contribution < 1.29 is 28.7 Å². The fourth-order valence-corrected chi connectivity index (χ4v) is 2.63. The normalized spacial score (nSPS) is 10.2. The predicted octanol–water partition coefficient (Wildman–Crippen LogP) is 2.74. The van der Waals surface area contributed by atoms with Gasteiger partial charge in [-0.2, -0.15) is 0 Å². The number of likely N-dealkylation sites (N-methyl/N-ethyl adjacent to an activating group) is 1. The number of hydrogen-bond acceptors (Lipinski definition) is 7. The molecule has 2 rings (SSSR count). The molecule has 0 heterocycles. The Morgan fingerprint density at radius 2 is 1.72 bits per heavy atom. The van der Waals surface area contributed by atoms with Crippen LogP contribution in [0.2, 0.25) is 0 Å². The molecule has 0 aliphatic heterocycles. The Bertz CT molecular complexity index is 927. The van der Waals surface area contributed by atoms with Crippen LogP contribution in [0.1, 0.15) is 21.5 Å². The Morgan fingerprint density at radius 1 is 1.10 bits per heavy atom. The lowest BCUT2D eigenvalue weighted by Crippen LogP contribution is -2.31. The Hall–Kier alpha value is -3.62. The molecule has 0 fully saturated rings. The Balaban J connectivity index is 2.11. The highest BCUT2D eigenvalue weighted by molar-refractivity contribution is 5.96. The van der Waals surface area contributed by atoms with Gasteiger partial charge < -0.3 is 19.1 Å². The molecule has 2 aromatic carbocycles. The van der Waals surface area contributed by atoms with Gasteiger partial charge in [-0.1, -0.05) is 24.3 Å². The summed E-state index contributed by atoms with van der Waals surface area (Å²) in [6.45, 7) is 1.73. The first-order valence-electron chi connectivity index (χ1n) is 8.64. The number of rotatable bonds is 8. The van der Waals surface area contributed by atoms with Crippen LogP contribution < -0.4 is 9.47 Å². The number of carbonyl (C=O) groups is 2. The lowest BCUT2D eigenvalue weighted by Gasteiger charge is -2.18. The summed E-state index contributed by atoms with van der Waals surface area (Å²) in [6, 6.07) is 9.83. The van der Waals surface area contributed by atoms with Gasteiger partial charge in [0.05, 0.1) is 25.2 Å². The summed E-state index contributed by atoms with van der Waals surface area (Å²) in [7, 11) is 4.24. The smallest absolute Gasteiger partial charge is 0.345 e. The molecule has 0 aromatic heterocycles. The highest BCUT2D eigenvalue weighted by Gasteiger charge is 2.26. The number of benzene rings is 2. The minimum atomic E-state index is -1.00. The number of esters is 1. The monoisotopic (exact) mass is 402 g/mol. The van der Waals surface area contributed by atoms with E-state index in [1.807, 2.05) is 31.2 Å². The zero-order valence-electron chi connectivity index (χ0n) is 16.6. The summed E-state index contributed by atoms with van der Waals surface area (Å²) in [4.78, 5) is 36.7. The van der Waals surface area contributed by atoms with Gasteiger partial charge in [0.25, 0.3) is 11.6 Å². The van der Waals surface area contributed by atoms with E-state index < -0.39 is 29.1 Å². The molecular weight excluding hydrogens is 380 g/mol. The van der Waals surface area contributed by atoms with Crippen molar-refractivity contribution in [3.63, 3.8) is 0 Å². The first-order valence-corrected chi connectivity index (χ1v) is 8.64. The molecule has 0 bridgehead atoms. The van der Waals surface area contributed by atoms with Crippen LogP contribution in [0.4, 0.5) is 5.69 Å². The van der Waals surface area contributed by atoms with Crippen LogP contribution in [-0.4, -0.2) is 49.6 Å². The number of hydrogen-bond donors (Lipinski definition) is 0. The summed E-state index contributed by atoms with van der Waals surface area (Å²) < 4.78 is 15.1. The predicted molar refractivity (Wildman–Crippen MR) is 104 cm³/mol. The van der Waals surface area contributed by atoms with Crippen molar-refractivity contribution in [1.82, 2.24) is 4.90 Å². The van der Waals surface area contributed by atoms with Crippen LogP contribution in [0, 0.1) is 17.0 Å². The molecule has 0 atom stereocenters. The second kappa shape index (κ2) is 9.54. The van der Waals surface area contributed by atoms with E-state index in [9.17, 15) is 19.7 Å². The van der Waals surface area contributed by atoms with E-state index in [0.717, 1.165) is 23.3 Å². The van der Waals surface area contributed by atoms with Gasteiger partial charge in [0.2, 0.25) is 0 Å². The van der Waals surface area contributed by atoms with Gasteiger partial charge >= 0.3 is 5.97 Å². The summed E-state index contributed by atoms with van der Waals surface area (Å²) in [6.07, 6.45) is 0. The average Bonchev–Trinajstić information content (AvgIpc) is 2.71. The Kier molecular flexibility index (Phi) is 7.13. The molecular formula is C20H22N2O7. The maximum Gasteiger partial charge on any atom is 0.345 e.